The van der Waals surface area contributed by atoms with E-state index in [0.717, 1.165) is 0 Å². The maximum Gasteiger partial charge on any atom is 0.534 e. The van der Waals surface area contributed by atoms with E-state index >= 15 is 0 Å². The molecule has 1 aliphatic carbocycles. The minimum absolute atomic E-state index is 0.294. The molecule has 0 saturated heterocycles. The lowest BCUT2D eigenvalue weighted by atomic mass is 9.87. The van der Waals surface area contributed by atoms with Crippen molar-refractivity contribution in [2.45, 2.75) is 32.2 Å². The molecule has 28 heavy (non-hydrogen) atoms. The Kier molecular flexibility index (Phi) is 6.77. The quantitative estimate of drug-likeness (QED) is 0.496. The monoisotopic (exact) mass is 414 g/mol. The molecule has 152 valence electrons. The van der Waals surface area contributed by atoms with E-state index in [9.17, 15) is 21.6 Å². The van der Waals surface area contributed by atoms with Crippen molar-refractivity contribution < 1.29 is 30.5 Å². The summed E-state index contributed by atoms with van der Waals surface area (Å²) in [5, 5.41) is 0. The average Bonchev–Trinajstić information content (AvgIpc) is 2.69. The SMILES string of the molecule is CC.COc1ccc2c(c1)CCC(c1ccccc1)=C2OS(=O)(=O)C(F)(F)F. The lowest BCUT2D eigenvalue weighted by molar-refractivity contribution is -0.0509. The van der Waals surface area contributed by atoms with Gasteiger partial charge in [0.2, 0.25) is 0 Å². The zero-order valence-corrected chi connectivity index (χ0v) is 16.5. The summed E-state index contributed by atoms with van der Waals surface area (Å²) in [7, 11) is -4.31. The zero-order valence-electron chi connectivity index (χ0n) is 15.7. The summed E-state index contributed by atoms with van der Waals surface area (Å²) in [6.45, 7) is 4.00. The van der Waals surface area contributed by atoms with Crippen molar-refractivity contribution >= 4 is 21.5 Å². The predicted octanol–water partition coefficient (Wildman–Crippen LogP) is 5.40. The van der Waals surface area contributed by atoms with Crippen LogP contribution >= 0.6 is 0 Å². The molecular weight excluding hydrogens is 393 g/mol. The molecule has 8 heteroatoms. The van der Waals surface area contributed by atoms with Crippen LogP contribution in [-0.4, -0.2) is 21.0 Å². The molecular formula is C20H21F3O4S. The largest absolute Gasteiger partial charge is 0.534 e. The van der Waals surface area contributed by atoms with Gasteiger partial charge in [0.05, 0.1) is 7.11 Å². The van der Waals surface area contributed by atoms with Gasteiger partial charge in [0.15, 0.2) is 5.76 Å². The molecule has 0 bridgehead atoms. The minimum Gasteiger partial charge on any atom is -0.497 e. The number of allylic oxidation sites excluding steroid dienone is 1. The molecule has 0 fully saturated rings. The molecule has 3 rings (SSSR count). The Bertz CT molecular complexity index is 949. The number of methoxy groups -OCH3 is 1. The summed E-state index contributed by atoms with van der Waals surface area (Å²) in [5.41, 5.74) is -3.51. The molecule has 0 saturated carbocycles. The van der Waals surface area contributed by atoms with Crippen LogP contribution in [0.15, 0.2) is 48.5 Å². The van der Waals surface area contributed by atoms with Crippen molar-refractivity contribution in [1.29, 1.82) is 0 Å². The van der Waals surface area contributed by atoms with Crippen molar-refractivity contribution in [3.63, 3.8) is 0 Å². The van der Waals surface area contributed by atoms with Crippen LogP contribution in [-0.2, 0) is 20.7 Å². The Morgan fingerprint density at radius 1 is 0.964 bits per heavy atom. The molecule has 0 heterocycles. The summed E-state index contributed by atoms with van der Waals surface area (Å²) in [5.74, 6) is 0.238. The van der Waals surface area contributed by atoms with Crippen molar-refractivity contribution in [2.24, 2.45) is 0 Å². The third-order valence-electron chi connectivity index (χ3n) is 4.07. The van der Waals surface area contributed by atoms with Crippen molar-refractivity contribution in [1.82, 2.24) is 0 Å². The van der Waals surface area contributed by atoms with Crippen LogP contribution in [0.2, 0.25) is 0 Å². The zero-order chi connectivity index (χ0) is 20.9. The summed E-state index contributed by atoms with van der Waals surface area (Å²) in [6.07, 6.45) is 0.864. The highest BCUT2D eigenvalue weighted by Gasteiger charge is 2.49. The molecule has 0 N–H and O–H groups in total. The van der Waals surface area contributed by atoms with E-state index < -0.39 is 15.6 Å². The number of hydrogen-bond acceptors (Lipinski definition) is 4. The fourth-order valence-electron chi connectivity index (χ4n) is 2.83. The first-order valence-electron chi connectivity index (χ1n) is 8.69. The third kappa shape index (κ3) is 4.49. The number of ether oxygens (including phenoxy) is 1. The first-order chi connectivity index (χ1) is 13.2. The maximum atomic E-state index is 12.9. The highest BCUT2D eigenvalue weighted by Crippen LogP contribution is 2.41. The van der Waals surface area contributed by atoms with E-state index in [-0.39, 0.29) is 5.76 Å². The molecule has 0 aliphatic heterocycles. The highest BCUT2D eigenvalue weighted by molar-refractivity contribution is 7.87. The molecule has 4 nitrogen and oxygen atoms in total. The number of halogens is 3. The Hall–Kier alpha value is -2.48. The van der Waals surface area contributed by atoms with Crippen LogP contribution in [0.4, 0.5) is 13.2 Å². The maximum absolute atomic E-state index is 12.9. The summed E-state index contributed by atoms with van der Waals surface area (Å²) < 4.78 is 71.5. The van der Waals surface area contributed by atoms with Gasteiger partial charge < -0.3 is 8.92 Å². The van der Waals surface area contributed by atoms with Gasteiger partial charge in [0, 0.05) is 11.1 Å². The number of alkyl halides is 3. The van der Waals surface area contributed by atoms with Gasteiger partial charge in [-0.2, -0.15) is 21.6 Å². The lowest BCUT2D eigenvalue weighted by Gasteiger charge is -2.24. The van der Waals surface area contributed by atoms with Gasteiger partial charge in [-0.1, -0.05) is 44.2 Å². The van der Waals surface area contributed by atoms with Crippen LogP contribution in [0.5, 0.6) is 5.75 Å². The van der Waals surface area contributed by atoms with Gasteiger partial charge in [-0.3, -0.25) is 0 Å². The van der Waals surface area contributed by atoms with E-state index in [4.69, 9.17) is 4.74 Å². The highest BCUT2D eigenvalue weighted by atomic mass is 32.2. The van der Waals surface area contributed by atoms with Gasteiger partial charge in [-0.05, 0) is 42.2 Å². The Morgan fingerprint density at radius 2 is 1.61 bits per heavy atom. The number of benzene rings is 2. The lowest BCUT2D eigenvalue weighted by Crippen LogP contribution is -2.26. The Morgan fingerprint density at radius 3 is 2.18 bits per heavy atom. The number of hydrogen-bond donors (Lipinski definition) is 0. The predicted molar refractivity (Wildman–Crippen MR) is 102 cm³/mol. The summed E-state index contributed by atoms with van der Waals surface area (Å²) >= 11 is 0. The smallest absolute Gasteiger partial charge is 0.497 e. The van der Waals surface area contributed by atoms with Gasteiger partial charge >= 0.3 is 15.6 Å². The van der Waals surface area contributed by atoms with E-state index in [1.807, 2.05) is 13.8 Å². The van der Waals surface area contributed by atoms with Crippen molar-refractivity contribution in [3.8, 4) is 5.75 Å². The molecule has 2 aromatic rings. The van der Waals surface area contributed by atoms with E-state index in [2.05, 4.69) is 4.18 Å². The van der Waals surface area contributed by atoms with Crippen LogP contribution in [0.25, 0.3) is 11.3 Å². The molecule has 0 amide bonds. The van der Waals surface area contributed by atoms with Gasteiger partial charge in [-0.25, -0.2) is 0 Å². The van der Waals surface area contributed by atoms with Gasteiger partial charge in [-0.15, -0.1) is 0 Å². The molecule has 0 radical (unpaired) electrons. The van der Waals surface area contributed by atoms with E-state index in [0.29, 0.717) is 40.9 Å². The first-order valence-corrected chi connectivity index (χ1v) is 10.1. The van der Waals surface area contributed by atoms with Gasteiger partial charge in [0.1, 0.15) is 5.75 Å². The number of rotatable bonds is 4. The van der Waals surface area contributed by atoms with Crippen molar-refractivity contribution in [3.05, 3.63) is 65.2 Å². The molecule has 1 aliphatic rings. The standard InChI is InChI=1S/C18H15F3O4S.C2H6/c1-24-14-8-10-16-13(11-14)7-9-15(12-5-3-2-4-6-12)17(16)25-26(22,23)18(19,20)21;1-2/h2-6,8,10-11H,7,9H2,1H3;1-2H3. The average molecular weight is 414 g/mol. The third-order valence-corrected chi connectivity index (χ3v) is 5.03. The van der Waals surface area contributed by atoms with E-state index in [1.165, 1.54) is 13.2 Å². The number of fused-ring (bicyclic) bond motifs is 1. The second kappa shape index (κ2) is 8.68. The molecule has 0 spiro atoms. The number of aryl methyl sites for hydroxylation is 1. The topological polar surface area (TPSA) is 52.6 Å². The van der Waals surface area contributed by atoms with Crippen LogP contribution in [0.3, 0.4) is 0 Å². The molecule has 2 aromatic carbocycles. The minimum atomic E-state index is -5.79. The summed E-state index contributed by atoms with van der Waals surface area (Å²) in [4.78, 5) is 0. The molecule has 0 aromatic heterocycles. The normalized spacial score (nSPS) is 13.9. The first kappa shape index (κ1) is 21.8. The fourth-order valence-corrected chi connectivity index (χ4v) is 3.33. The van der Waals surface area contributed by atoms with Crippen molar-refractivity contribution in [2.75, 3.05) is 7.11 Å². The van der Waals surface area contributed by atoms with Crippen LogP contribution < -0.4 is 4.74 Å². The Labute approximate surface area is 162 Å². The molecule has 0 unspecified atom stereocenters. The molecule has 0 atom stereocenters. The van der Waals surface area contributed by atoms with Gasteiger partial charge in [0.25, 0.3) is 0 Å². The fraction of sp³-hybridized carbons (Fsp3) is 0.300. The van der Waals surface area contributed by atoms with E-state index in [1.54, 1.807) is 42.5 Å². The Balaban J connectivity index is 0.00000136. The van der Waals surface area contributed by atoms with Crippen LogP contribution in [0.1, 0.15) is 37.0 Å². The second-order valence-electron chi connectivity index (χ2n) is 5.68. The van der Waals surface area contributed by atoms with Crippen LogP contribution in [0, 0.1) is 0 Å². The second-order valence-corrected chi connectivity index (χ2v) is 7.22. The summed E-state index contributed by atoms with van der Waals surface area (Å²) in [6, 6.07) is 13.3.